The third-order valence-corrected chi connectivity index (χ3v) is 2.60. The van der Waals surface area contributed by atoms with Crippen molar-refractivity contribution < 1.29 is 5.11 Å². The Hall–Kier alpha value is -1.24. The highest BCUT2D eigenvalue weighted by atomic mass is 16.3. The van der Waals surface area contributed by atoms with E-state index in [1.165, 1.54) is 0 Å². The van der Waals surface area contributed by atoms with Gasteiger partial charge in [0.05, 0.1) is 0 Å². The van der Waals surface area contributed by atoms with E-state index in [-0.39, 0.29) is 0 Å². The second-order valence-electron chi connectivity index (χ2n) is 3.67. The molecule has 0 bridgehead atoms. The summed E-state index contributed by atoms with van der Waals surface area (Å²) in [5.74, 6) is 0.872. The van der Waals surface area contributed by atoms with Crippen molar-refractivity contribution in [3.63, 3.8) is 0 Å². The first-order valence-corrected chi connectivity index (χ1v) is 4.73. The zero-order chi connectivity index (χ0) is 9.26. The molecule has 0 amide bonds. The molecule has 2 rings (SSSR count). The van der Waals surface area contributed by atoms with Crippen molar-refractivity contribution in [3.8, 4) is 5.75 Å². The number of phenols is 1. The average molecular weight is 174 g/mol. The smallest absolute Gasteiger partial charge is 0.119 e. The van der Waals surface area contributed by atoms with Crippen LogP contribution in [0.25, 0.3) is 0 Å². The number of aromatic hydroxyl groups is 1. The maximum Gasteiger partial charge on any atom is 0.119 e. The monoisotopic (exact) mass is 174 g/mol. The Morgan fingerprint density at radius 2 is 2.23 bits per heavy atom. The number of phenolic OH excluding ortho intramolecular Hbond substituents is 1. The standard InChI is InChI=1S/C12H14O/c1-9-6-7-11(12(13)8-9)10-4-2-3-5-10/h2,4,6-8,10,13H,3,5H2,1H3/t10-/m0/s1. The molecular formula is C12H14O. The molecule has 0 spiro atoms. The minimum absolute atomic E-state index is 0.431. The molecule has 0 saturated carbocycles. The van der Waals surface area contributed by atoms with E-state index in [0.29, 0.717) is 11.7 Å². The van der Waals surface area contributed by atoms with E-state index in [9.17, 15) is 5.11 Å². The lowest BCUT2D eigenvalue weighted by atomic mass is 9.97. The first-order chi connectivity index (χ1) is 6.27. The van der Waals surface area contributed by atoms with Crippen LogP contribution in [0.3, 0.4) is 0 Å². The van der Waals surface area contributed by atoms with Crippen molar-refractivity contribution in [2.24, 2.45) is 0 Å². The first-order valence-electron chi connectivity index (χ1n) is 4.73. The fourth-order valence-electron chi connectivity index (χ4n) is 1.86. The highest BCUT2D eigenvalue weighted by Crippen LogP contribution is 2.34. The summed E-state index contributed by atoms with van der Waals surface area (Å²) in [6.45, 7) is 1.99. The zero-order valence-corrected chi connectivity index (χ0v) is 7.83. The molecule has 1 N–H and O–H groups in total. The Morgan fingerprint density at radius 3 is 2.85 bits per heavy atom. The molecule has 1 aromatic rings. The molecule has 1 aliphatic carbocycles. The van der Waals surface area contributed by atoms with Gasteiger partial charge in [-0.25, -0.2) is 0 Å². The molecule has 0 radical (unpaired) electrons. The molecule has 68 valence electrons. The second-order valence-corrected chi connectivity index (χ2v) is 3.67. The normalized spacial score (nSPS) is 20.8. The molecule has 0 aliphatic heterocycles. The average Bonchev–Trinajstić information content (AvgIpc) is 2.56. The van der Waals surface area contributed by atoms with Gasteiger partial charge in [0, 0.05) is 11.5 Å². The van der Waals surface area contributed by atoms with Gasteiger partial charge in [0.2, 0.25) is 0 Å². The quantitative estimate of drug-likeness (QED) is 0.648. The van der Waals surface area contributed by atoms with Gasteiger partial charge >= 0.3 is 0 Å². The Morgan fingerprint density at radius 1 is 1.38 bits per heavy atom. The number of hydrogen-bond donors (Lipinski definition) is 1. The van der Waals surface area contributed by atoms with Crippen LogP contribution in [0.4, 0.5) is 0 Å². The number of aryl methyl sites for hydroxylation is 1. The first kappa shape index (κ1) is 8.36. The lowest BCUT2D eigenvalue weighted by Crippen LogP contribution is -1.91. The van der Waals surface area contributed by atoms with Gasteiger partial charge in [-0.1, -0.05) is 24.3 Å². The lowest BCUT2D eigenvalue weighted by Gasteiger charge is -2.10. The van der Waals surface area contributed by atoms with Crippen LogP contribution in [0.15, 0.2) is 30.4 Å². The molecule has 1 aromatic carbocycles. The molecule has 0 fully saturated rings. The number of allylic oxidation sites excluding steroid dienone is 2. The van der Waals surface area contributed by atoms with Crippen molar-refractivity contribution in [2.75, 3.05) is 0 Å². The molecule has 1 heteroatoms. The Balaban J connectivity index is 2.34. The van der Waals surface area contributed by atoms with E-state index >= 15 is 0 Å². The SMILES string of the molecule is Cc1ccc([C@H]2C=CCC2)c(O)c1. The fraction of sp³-hybridized carbons (Fsp3) is 0.333. The summed E-state index contributed by atoms with van der Waals surface area (Å²) in [5.41, 5.74) is 2.18. The van der Waals surface area contributed by atoms with Gasteiger partial charge in [-0.3, -0.25) is 0 Å². The summed E-state index contributed by atoms with van der Waals surface area (Å²) >= 11 is 0. The van der Waals surface area contributed by atoms with Crippen molar-refractivity contribution in [3.05, 3.63) is 41.5 Å². The molecule has 0 heterocycles. The zero-order valence-electron chi connectivity index (χ0n) is 7.83. The molecule has 1 atom stereocenters. The van der Waals surface area contributed by atoms with E-state index < -0.39 is 0 Å². The van der Waals surface area contributed by atoms with E-state index in [4.69, 9.17) is 0 Å². The van der Waals surface area contributed by atoms with E-state index in [1.807, 2.05) is 19.1 Å². The summed E-state index contributed by atoms with van der Waals surface area (Å²) < 4.78 is 0. The molecule has 0 unspecified atom stereocenters. The maximum atomic E-state index is 9.72. The van der Waals surface area contributed by atoms with Crippen LogP contribution in [-0.2, 0) is 0 Å². The Kier molecular flexibility index (Phi) is 2.09. The third-order valence-electron chi connectivity index (χ3n) is 2.60. The summed E-state index contributed by atoms with van der Waals surface area (Å²) in [6, 6.07) is 5.92. The second kappa shape index (κ2) is 3.25. The van der Waals surface area contributed by atoms with Crippen LogP contribution in [0.5, 0.6) is 5.75 Å². The van der Waals surface area contributed by atoms with Crippen LogP contribution in [0.2, 0.25) is 0 Å². The molecule has 0 saturated heterocycles. The van der Waals surface area contributed by atoms with Gasteiger partial charge in [0.25, 0.3) is 0 Å². The van der Waals surface area contributed by atoms with Crippen LogP contribution >= 0.6 is 0 Å². The van der Waals surface area contributed by atoms with Gasteiger partial charge < -0.3 is 5.11 Å². The summed E-state index contributed by atoms with van der Waals surface area (Å²) in [6.07, 6.45) is 6.64. The van der Waals surface area contributed by atoms with Crippen molar-refractivity contribution in [1.29, 1.82) is 0 Å². The van der Waals surface area contributed by atoms with Crippen LogP contribution in [0.1, 0.15) is 29.9 Å². The highest BCUT2D eigenvalue weighted by molar-refractivity contribution is 5.40. The Bertz CT molecular complexity index is 339. The predicted molar refractivity (Wildman–Crippen MR) is 54.0 cm³/mol. The van der Waals surface area contributed by atoms with E-state index in [2.05, 4.69) is 18.2 Å². The van der Waals surface area contributed by atoms with Gasteiger partial charge in [-0.2, -0.15) is 0 Å². The maximum absolute atomic E-state index is 9.72. The Labute approximate surface area is 78.7 Å². The predicted octanol–water partition coefficient (Wildman–Crippen LogP) is 3.13. The van der Waals surface area contributed by atoms with E-state index in [0.717, 1.165) is 24.0 Å². The minimum atomic E-state index is 0.431. The van der Waals surface area contributed by atoms with Crippen molar-refractivity contribution in [1.82, 2.24) is 0 Å². The van der Waals surface area contributed by atoms with Gasteiger partial charge in [-0.05, 0) is 31.4 Å². The lowest BCUT2D eigenvalue weighted by molar-refractivity contribution is 0.464. The minimum Gasteiger partial charge on any atom is -0.508 e. The molecule has 0 aromatic heterocycles. The molecular weight excluding hydrogens is 160 g/mol. The third kappa shape index (κ3) is 1.59. The van der Waals surface area contributed by atoms with Crippen molar-refractivity contribution >= 4 is 0 Å². The topological polar surface area (TPSA) is 20.2 Å². The van der Waals surface area contributed by atoms with Gasteiger partial charge in [0.1, 0.15) is 5.75 Å². The molecule has 1 nitrogen and oxygen atoms in total. The molecule has 1 aliphatic rings. The van der Waals surface area contributed by atoms with Gasteiger partial charge in [-0.15, -0.1) is 0 Å². The van der Waals surface area contributed by atoms with Crippen LogP contribution in [0, 0.1) is 6.92 Å². The largest absolute Gasteiger partial charge is 0.508 e. The summed E-state index contributed by atoms with van der Waals surface area (Å²) in [5, 5.41) is 9.72. The number of rotatable bonds is 1. The molecule has 13 heavy (non-hydrogen) atoms. The summed E-state index contributed by atoms with van der Waals surface area (Å²) in [4.78, 5) is 0. The fourth-order valence-corrected chi connectivity index (χ4v) is 1.86. The van der Waals surface area contributed by atoms with Crippen LogP contribution in [-0.4, -0.2) is 5.11 Å². The number of benzene rings is 1. The number of hydrogen-bond acceptors (Lipinski definition) is 1. The van der Waals surface area contributed by atoms with Crippen LogP contribution < -0.4 is 0 Å². The summed E-state index contributed by atoms with van der Waals surface area (Å²) in [7, 11) is 0. The van der Waals surface area contributed by atoms with Gasteiger partial charge in [0.15, 0.2) is 0 Å². The van der Waals surface area contributed by atoms with Crippen molar-refractivity contribution in [2.45, 2.75) is 25.7 Å². The highest BCUT2D eigenvalue weighted by Gasteiger charge is 2.14. The van der Waals surface area contributed by atoms with E-state index in [1.54, 1.807) is 0 Å².